The number of amides is 2. The van der Waals surface area contributed by atoms with Crippen molar-refractivity contribution in [1.29, 1.82) is 0 Å². The Morgan fingerprint density at radius 1 is 1.04 bits per heavy atom. The van der Waals surface area contributed by atoms with Crippen LogP contribution in [0.5, 0.6) is 0 Å². The molecule has 2 heterocycles. The zero-order valence-corrected chi connectivity index (χ0v) is 14.1. The molecule has 6 heteroatoms. The summed E-state index contributed by atoms with van der Waals surface area (Å²) in [6, 6.07) is 9.89. The van der Waals surface area contributed by atoms with E-state index in [-0.39, 0.29) is 11.8 Å². The maximum absolute atomic E-state index is 12.7. The lowest BCUT2D eigenvalue weighted by molar-refractivity contribution is -0.130. The molecule has 3 rings (SSSR count). The molecule has 0 atom stereocenters. The summed E-state index contributed by atoms with van der Waals surface area (Å²) in [7, 11) is 0. The molecule has 0 aliphatic carbocycles. The number of rotatable bonds is 2. The number of nitrogens with zero attached hydrogens (tertiary/aromatic N) is 3. The standard InChI is InChI=1S/C17H19N3O2S/c1-12-15(18-16(23-12)14-6-4-3-5-7-14)17(22)20-10-8-19(9-11-20)13(2)21/h3-7H,8-11H2,1-2H3. The Kier molecular flexibility index (Phi) is 4.43. The van der Waals surface area contributed by atoms with E-state index in [0.717, 1.165) is 15.4 Å². The van der Waals surface area contributed by atoms with Crippen molar-refractivity contribution in [2.24, 2.45) is 0 Å². The van der Waals surface area contributed by atoms with E-state index in [1.807, 2.05) is 37.3 Å². The van der Waals surface area contributed by atoms with Gasteiger partial charge in [0.25, 0.3) is 5.91 Å². The minimum absolute atomic E-state index is 0.0378. The zero-order valence-electron chi connectivity index (χ0n) is 13.3. The third-order valence-corrected chi connectivity index (χ3v) is 5.05. The zero-order chi connectivity index (χ0) is 16.4. The number of aryl methyl sites for hydroxylation is 1. The number of hydrogen-bond acceptors (Lipinski definition) is 4. The van der Waals surface area contributed by atoms with Crippen LogP contribution >= 0.6 is 11.3 Å². The van der Waals surface area contributed by atoms with E-state index in [4.69, 9.17) is 0 Å². The number of hydrogen-bond donors (Lipinski definition) is 0. The molecule has 2 aromatic rings. The average Bonchev–Trinajstić information content (AvgIpc) is 2.97. The first-order valence-corrected chi connectivity index (χ1v) is 8.45. The molecule has 0 N–H and O–H groups in total. The van der Waals surface area contributed by atoms with Gasteiger partial charge in [-0.1, -0.05) is 30.3 Å². The summed E-state index contributed by atoms with van der Waals surface area (Å²) in [4.78, 5) is 33.1. The van der Waals surface area contributed by atoms with Gasteiger partial charge in [-0.05, 0) is 6.92 Å². The van der Waals surface area contributed by atoms with Gasteiger partial charge < -0.3 is 9.80 Å². The smallest absolute Gasteiger partial charge is 0.273 e. The van der Waals surface area contributed by atoms with Gasteiger partial charge in [0.15, 0.2) is 0 Å². The van der Waals surface area contributed by atoms with Crippen LogP contribution in [0, 0.1) is 6.92 Å². The van der Waals surface area contributed by atoms with Crippen molar-refractivity contribution < 1.29 is 9.59 Å². The van der Waals surface area contributed by atoms with Gasteiger partial charge in [-0.2, -0.15) is 0 Å². The number of thiazole rings is 1. The summed E-state index contributed by atoms with van der Waals surface area (Å²) >= 11 is 1.54. The van der Waals surface area contributed by atoms with Crippen molar-refractivity contribution in [1.82, 2.24) is 14.8 Å². The Bertz CT molecular complexity index is 719. The van der Waals surface area contributed by atoms with Gasteiger partial charge in [0, 0.05) is 43.5 Å². The highest BCUT2D eigenvalue weighted by atomic mass is 32.1. The third-order valence-electron chi connectivity index (χ3n) is 4.03. The highest BCUT2D eigenvalue weighted by molar-refractivity contribution is 7.15. The lowest BCUT2D eigenvalue weighted by atomic mass is 10.2. The first-order chi connectivity index (χ1) is 11.1. The predicted octanol–water partition coefficient (Wildman–Crippen LogP) is 2.42. The molecule has 1 aliphatic heterocycles. The van der Waals surface area contributed by atoms with Crippen molar-refractivity contribution in [2.45, 2.75) is 13.8 Å². The van der Waals surface area contributed by atoms with Gasteiger partial charge in [-0.25, -0.2) is 4.98 Å². The van der Waals surface area contributed by atoms with Crippen LogP contribution < -0.4 is 0 Å². The molecular weight excluding hydrogens is 310 g/mol. The molecule has 0 unspecified atom stereocenters. The van der Waals surface area contributed by atoms with Crippen molar-refractivity contribution in [2.75, 3.05) is 26.2 Å². The Labute approximate surface area is 139 Å². The van der Waals surface area contributed by atoms with E-state index in [0.29, 0.717) is 31.9 Å². The number of aromatic nitrogens is 1. The Balaban J connectivity index is 1.76. The first kappa shape index (κ1) is 15.7. The molecule has 0 saturated carbocycles. The Morgan fingerprint density at radius 2 is 1.65 bits per heavy atom. The van der Waals surface area contributed by atoms with E-state index in [9.17, 15) is 9.59 Å². The van der Waals surface area contributed by atoms with Crippen LogP contribution in [0.1, 0.15) is 22.3 Å². The molecule has 5 nitrogen and oxygen atoms in total. The summed E-state index contributed by atoms with van der Waals surface area (Å²) in [6.45, 7) is 5.81. The van der Waals surface area contributed by atoms with E-state index in [2.05, 4.69) is 4.98 Å². The summed E-state index contributed by atoms with van der Waals surface area (Å²) in [5, 5.41) is 0.869. The fourth-order valence-corrected chi connectivity index (χ4v) is 3.58. The normalized spacial score (nSPS) is 14.9. The Hall–Kier alpha value is -2.21. The molecule has 2 amide bonds. The lowest BCUT2D eigenvalue weighted by Gasteiger charge is -2.33. The van der Waals surface area contributed by atoms with Crippen LogP contribution in [-0.2, 0) is 4.79 Å². The number of piperazine rings is 1. The van der Waals surface area contributed by atoms with E-state index in [1.54, 1.807) is 28.1 Å². The maximum Gasteiger partial charge on any atom is 0.273 e. The molecule has 0 spiro atoms. The van der Waals surface area contributed by atoms with E-state index < -0.39 is 0 Å². The molecule has 120 valence electrons. The summed E-state index contributed by atoms with van der Waals surface area (Å²) in [5.41, 5.74) is 1.56. The SMILES string of the molecule is CC(=O)N1CCN(C(=O)c2nc(-c3ccccc3)sc2C)CC1. The molecule has 1 aromatic heterocycles. The molecule has 1 fully saturated rings. The van der Waals surface area contributed by atoms with Gasteiger partial charge in [-0.3, -0.25) is 9.59 Å². The third kappa shape index (κ3) is 3.27. The highest BCUT2D eigenvalue weighted by Gasteiger charge is 2.26. The maximum atomic E-state index is 12.7. The second-order valence-corrected chi connectivity index (χ2v) is 6.79. The fourth-order valence-electron chi connectivity index (χ4n) is 2.67. The quantitative estimate of drug-likeness (QED) is 0.850. The molecule has 0 radical (unpaired) electrons. The van der Waals surface area contributed by atoms with Crippen molar-refractivity contribution >= 4 is 23.2 Å². The molecule has 1 saturated heterocycles. The largest absolute Gasteiger partial charge is 0.339 e. The predicted molar refractivity (Wildman–Crippen MR) is 90.4 cm³/mol. The summed E-state index contributed by atoms with van der Waals surface area (Å²) in [6.07, 6.45) is 0. The lowest BCUT2D eigenvalue weighted by Crippen LogP contribution is -2.50. The van der Waals surface area contributed by atoms with Crippen LogP contribution in [0.4, 0.5) is 0 Å². The highest BCUT2D eigenvalue weighted by Crippen LogP contribution is 2.28. The molecular formula is C17H19N3O2S. The van der Waals surface area contributed by atoms with Crippen LogP contribution in [0.2, 0.25) is 0 Å². The molecule has 1 aromatic carbocycles. The van der Waals surface area contributed by atoms with Gasteiger partial charge in [0.2, 0.25) is 5.91 Å². The van der Waals surface area contributed by atoms with Crippen LogP contribution in [0.15, 0.2) is 30.3 Å². The summed E-state index contributed by atoms with van der Waals surface area (Å²) < 4.78 is 0. The first-order valence-electron chi connectivity index (χ1n) is 7.64. The van der Waals surface area contributed by atoms with E-state index >= 15 is 0 Å². The van der Waals surface area contributed by atoms with Gasteiger partial charge in [0.05, 0.1) is 0 Å². The van der Waals surface area contributed by atoms with Crippen molar-refractivity contribution in [3.63, 3.8) is 0 Å². The minimum Gasteiger partial charge on any atom is -0.339 e. The molecule has 1 aliphatic rings. The molecule has 23 heavy (non-hydrogen) atoms. The monoisotopic (exact) mass is 329 g/mol. The molecule has 0 bridgehead atoms. The second kappa shape index (κ2) is 6.50. The van der Waals surface area contributed by atoms with Gasteiger partial charge in [-0.15, -0.1) is 11.3 Å². The van der Waals surface area contributed by atoms with Gasteiger partial charge >= 0.3 is 0 Å². The van der Waals surface area contributed by atoms with Crippen LogP contribution in [0.25, 0.3) is 10.6 Å². The van der Waals surface area contributed by atoms with E-state index in [1.165, 1.54) is 0 Å². The fraction of sp³-hybridized carbons (Fsp3) is 0.353. The van der Waals surface area contributed by atoms with Gasteiger partial charge in [0.1, 0.15) is 10.7 Å². The minimum atomic E-state index is -0.0378. The Morgan fingerprint density at radius 3 is 2.26 bits per heavy atom. The second-order valence-electron chi connectivity index (χ2n) is 5.59. The van der Waals surface area contributed by atoms with Crippen molar-refractivity contribution in [3.8, 4) is 10.6 Å². The average molecular weight is 329 g/mol. The topological polar surface area (TPSA) is 53.5 Å². The number of carbonyl (C=O) groups excluding carboxylic acids is 2. The van der Waals surface area contributed by atoms with Crippen LogP contribution in [0.3, 0.4) is 0 Å². The van der Waals surface area contributed by atoms with Crippen LogP contribution in [-0.4, -0.2) is 52.8 Å². The van der Waals surface area contributed by atoms with Crippen molar-refractivity contribution in [3.05, 3.63) is 40.9 Å². The number of benzene rings is 1. The number of carbonyl (C=O) groups is 2. The summed E-state index contributed by atoms with van der Waals surface area (Å²) in [5.74, 6) is 0.0254.